The SMILES string of the molecule is CNC1C(C)OC(OC2C(O)CC(n3ccc(NC(=O)c4ccc(NC(=O)C(C)N)cc4)nc3=O)OC2C)C(O)C1O. The maximum atomic E-state index is 12.8. The number of nitrogens with two attached hydrogens (primary N) is 1. The first-order valence-electron chi connectivity index (χ1n) is 13.6. The normalized spacial score (nSPS) is 32.1. The van der Waals surface area contributed by atoms with Crippen LogP contribution in [0.4, 0.5) is 11.5 Å². The van der Waals surface area contributed by atoms with Crippen molar-refractivity contribution in [3.63, 3.8) is 0 Å². The van der Waals surface area contributed by atoms with Gasteiger partial charge in [-0.25, -0.2) is 4.79 Å². The van der Waals surface area contributed by atoms with Gasteiger partial charge in [-0.3, -0.25) is 14.2 Å². The molecule has 0 aliphatic carbocycles. The third-order valence-corrected chi connectivity index (χ3v) is 7.34. The molecule has 1 aromatic heterocycles. The van der Waals surface area contributed by atoms with Crippen LogP contribution >= 0.6 is 0 Å². The maximum Gasteiger partial charge on any atom is 0.351 e. The van der Waals surface area contributed by atoms with Gasteiger partial charge in [0, 0.05) is 23.9 Å². The molecule has 15 nitrogen and oxygen atoms in total. The Kier molecular flexibility index (Phi) is 10.1. The van der Waals surface area contributed by atoms with E-state index in [0.717, 1.165) is 0 Å². The second-order valence-electron chi connectivity index (χ2n) is 10.5. The molecule has 4 rings (SSSR count). The molecule has 2 amide bonds. The molecule has 1 aromatic carbocycles. The molecule has 2 aromatic rings. The highest BCUT2D eigenvalue weighted by molar-refractivity contribution is 6.04. The Morgan fingerprint density at radius 1 is 1.07 bits per heavy atom. The summed E-state index contributed by atoms with van der Waals surface area (Å²) in [5, 5.41) is 39.8. The number of aliphatic hydroxyl groups is 3. The first-order chi connectivity index (χ1) is 19.9. The van der Waals surface area contributed by atoms with Crippen molar-refractivity contribution in [1.29, 1.82) is 0 Å². The number of nitrogens with one attached hydrogen (secondary N) is 3. The number of ether oxygens (including phenoxy) is 3. The monoisotopic (exact) mass is 590 g/mol. The number of benzene rings is 1. The van der Waals surface area contributed by atoms with Gasteiger partial charge >= 0.3 is 5.69 Å². The fourth-order valence-electron chi connectivity index (χ4n) is 4.97. The van der Waals surface area contributed by atoms with E-state index in [-0.39, 0.29) is 23.7 Å². The molecule has 2 aliphatic rings. The van der Waals surface area contributed by atoms with Crippen molar-refractivity contribution in [3.8, 4) is 0 Å². The zero-order valence-electron chi connectivity index (χ0n) is 23.7. The van der Waals surface area contributed by atoms with Crippen LogP contribution in [-0.2, 0) is 19.0 Å². The van der Waals surface area contributed by atoms with E-state index in [9.17, 15) is 29.7 Å². The molecule has 2 saturated heterocycles. The van der Waals surface area contributed by atoms with Crippen LogP contribution in [-0.4, -0.2) is 98.7 Å². The van der Waals surface area contributed by atoms with Gasteiger partial charge in [0.15, 0.2) is 6.29 Å². The lowest BCUT2D eigenvalue weighted by molar-refractivity contribution is -0.316. The number of amides is 2. The van der Waals surface area contributed by atoms with Gasteiger partial charge < -0.3 is 51.2 Å². The van der Waals surface area contributed by atoms with E-state index >= 15 is 0 Å². The van der Waals surface area contributed by atoms with Gasteiger partial charge in [-0.05, 0) is 58.2 Å². The largest absolute Gasteiger partial charge is 0.390 e. The molecule has 15 heteroatoms. The number of likely N-dealkylation sites (N-methyl/N-ethyl adjacent to an activating group) is 1. The van der Waals surface area contributed by atoms with Crippen molar-refractivity contribution in [2.24, 2.45) is 5.73 Å². The van der Waals surface area contributed by atoms with Crippen molar-refractivity contribution in [2.45, 2.75) is 88.4 Å². The molecule has 0 bridgehead atoms. The molecule has 2 fully saturated rings. The van der Waals surface area contributed by atoms with Crippen LogP contribution in [0.25, 0.3) is 0 Å². The van der Waals surface area contributed by atoms with Gasteiger partial charge in [0.05, 0.1) is 30.4 Å². The minimum atomic E-state index is -1.36. The second-order valence-corrected chi connectivity index (χ2v) is 10.5. The molecule has 0 saturated carbocycles. The van der Waals surface area contributed by atoms with E-state index in [1.807, 2.05) is 0 Å². The molecule has 10 unspecified atom stereocenters. The summed E-state index contributed by atoms with van der Waals surface area (Å²) in [5.74, 6) is -0.870. The molecule has 42 heavy (non-hydrogen) atoms. The molecule has 3 heterocycles. The lowest BCUT2D eigenvalue weighted by Crippen LogP contribution is -2.63. The fourth-order valence-corrected chi connectivity index (χ4v) is 4.97. The predicted octanol–water partition coefficient (Wildman–Crippen LogP) is -1.11. The zero-order valence-corrected chi connectivity index (χ0v) is 23.7. The van der Waals surface area contributed by atoms with E-state index in [1.54, 1.807) is 40.0 Å². The summed E-state index contributed by atoms with van der Waals surface area (Å²) in [7, 11) is 1.65. The Labute approximate surface area is 242 Å². The Bertz CT molecular complexity index is 1290. The minimum Gasteiger partial charge on any atom is -0.390 e. The van der Waals surface area contributed by atoms with Crippen LogP contribution < -0.4 is 27.4 Å². The molecule has 2 aliphatic heterocycles. The lowest BCUT2D eigenvalue weighted by Gasteiger charge is -2.45. The van der Waals surface area contributed by atoms with Crippen LogP contribution in [0.2, 0.25) is 0 Å². The van der Waals surface area contributed by atoms with Crippen LogP contribution in [0.1, 0.15) is 43.8 Å². The molecule has 10 atom stereocenters. The Hall–Kier alpha value is -3.28. The van der Waals surface area contributed by atoms with Crippen molar-refractivity contribution in [2.75, 3.05) is 17.7 Å². The van der Waals surface area contributed by atoms with Gasteiger partial charge in [0.1, 0.15) is 30.4 Å². The average molecular weight is 591 g/mol. The Morgan fingerprint density at radius 2 is 1.76 bits per heavy atom. The second kappa shape index (κ2) is 13.4. The van der Waals surface area contributed by atoms with Crippen molar-refractivity contribution in [1.82, 2.24) is 14.9 Å². The fraction of sp³-hybridized carbons (Fsp3) is 0.556. The number of carbonyl (C=O) groups is 2. The Morgan fingerprint density at radius 3 is 2.36 bits per heavy atom. The third-order valence-electron chi connectivity index (χ3n) is 7.34. The number of hydrogen-bond donors (Lipinski definition) is 7. The smallest absolute Gasteiger partial charge is 0.351 e. The number of aliphatic hydroxyl groups excluding tert-OH is 3. The first-order valence-corrected chi connectivity index (χ1v) is 13.6. The van der Waals surface area contributed by atoms with Crippen molar-refractivity contribution >= 4 is 23.3 Å². The number of rotatable bonds is 8. The highest BCUT2D eigenvalue weighted by Gasteiger charge is 2.46. The van der Waals surface area contributed by atoms with Crippen LogP contribution in [0.5, 0.6) is 0 Å². The van der Waals surface area contributed by atoms with Crippen LogP contribution in [0, 0.1) is 0 Å². The number of aromatic nitrogens is 2. The molecule has 0 spiro atoms. The van der Waals surface area contributed by atoms with Crippen molar-refractivity contribution < 1.29 is 39.1 Å². The first kappa shape index (κ1) is 31.7. The lowest BCUT2D eigenvalue weighted by atomic mass is 9.96. The topological polar surface area (TPSA) is 220 Å². The van der Waals surface area contributed by atoms with Crippen LogP contribution in [0.3, 0.4) is 0 Å². The van der Waals surface area contributed by atoms with E-state index in [1.165, 1.54) is 29.0 Å². The van der Waals surface area contributed by atoms with Crippen molar-refractivity contribution in [3.05, 3.63) is 52.6 Å². The highest BCUT2D eigenvalue weighted by atomic mass is 16.7. The minimum absolute atomic E-state index is 0.0113. The van der Waals surface area contributed by atoms with E-state index in [2.05, 4.69) is 20.9 Å². The summed E-state index contributed by atoms with van der Waals surface area (Å²) in [6.45, 7) is 4.93. The summed E-state index contributed by atoms with van der Waals surface area (Å²) in [4.78, 5) is 41.1. The average Bonchev–Trinajstić information content (AvgIpc) is 2.93. The third kappa shape index (κ3) is 7.02. The summed E-state index contributed by atoms with van der Waals surface area (Å²) < 4.78 is 18.7. The molecule has 0 radical (unpaired) electrons. The summed E-state index contributed by atoms with van der Waals surface area (Å²) in [5.41, 5.74) is 5.57. The number of carbonyl (C=O) groups excluding carboxylic acids is 2. The molecular formula is C27H38N6O9. The van der Waals surface area contributed by atoms with Gasteiger partial charge in [-0.15, -0.1) is 0 Å². The molecular weight excluding hydrogens is 552 g/mol. The molecule has 230 valence electrons. The van der Waals surface area contributed by atoms with Gasteiger partial charge in [0.25, 0.3) is 5.91 Å². The number of hydrogen-bond acceptors (Lipinski definition) is 12. The Balaban J connectivity index is 1.36. The van der Waals surface area contributed by atoms with E-state index in [0.29, 0.717) is 5.69 Å². The summed E-state index contributed by atoms with van der Waals surface area (Å²) >= 11 is 0. The number of anilines is 2. The predicted molar refractivity (Wildman–Crippen MR) is 149 cm³/mol. The summed E-state index contributed by atoms with van der Waals surface area (Å²) in [6, 6.07) is 6.34. The van der Waals surface area contributed by atoms with Crippen LogP contribution in [0.15, 0.2) is 41.3 Å². The molecule has 8 N–H and O–H groups in total. The quantitative estimate of drug-likeness (QED) is 0.195. The number of nitrogens with zero attached hydrogens (tertiary/aromatic N) is 2. The summed E-state index contributed by atoms with van der Waals surface area (Å²) in [6.07, 6.45) is -6.43. The van der Waals surface area contributed by atoms with Gasteiger partial charge in [0.2, 0.25) is 5.91 Å². The maximum absolute atomic E-state index is 12.8. The van der Waals surface area contributed by atoms with E-state index in [4.69, 9.17) is 19.9 Å². The van der Waals surface area contributed by atoms with E-state index < -0.39 is 72.8 Å². The standard InChI is InChI=1S/C27H38N6O9/c1-12(28)24(37)30-16-7-5-15(6-8-16)25(38)31-18-9-10-33(27(39)32-18)19-11-17(34)23(14(3)40-19)42-26-22(36)21(35)20(29-4)13(2)41-26/h5-10,12-14,17,19-23,26,29,34-36H,11,28H2,1-4H3,(H,30,37)(H,31,32,38,39). The zero-order chi connectivity index (χ0) is 30.7. The van der Waals surface area contributed by atoms with Gasteiger partial charge in [-0.1, -0.05) is 0 Å². The highest BCUT2D eigenvalue weighted by Crippen LogP contribution is 2.31. The van der Waals surface area contributed by atoms with Gasteiger partial charge in [-0.2, -0.15) is 4.98 Å².